The first-order valence-electron chi connectivity index (χ1n) is 11.7. The third kappa shape index (κ3) is 3.19. The number of pyridine rings is 2. The van der Waals surface area contributed by atoms with Gasteiger partial charge in [0.25, 0.3) is 0 Å². The topological polar surface area (TPSA) is 73.8 Å². The molecule has 168 valence electrons. The first-order chi connectivity index (χ1) is 16.5. The second kappa shape index (κ2) is 7.80. The predicted molar refractivity (Wildman–Crippen MR) is 137 cm³/mol. The maximum atomic E-state index is 11.8. The minimum Gasteiger partial charge on any atom is -0.398 e. The van der Waals surface area contributed by atoms with E-state index in [1.54, 1.807) is 13.1 Å². The molecular formula is C29H26N4O. The number of rotatable bonds is 4. The lowest BCUT2D eigenvalue weighted by atomic mass is 9.78. The molecule has 5 nitrogen and oxygen atoms in total. The summed E-state index contributed by atoms with van der Waals surface area (Å²) in [5.41, 5.74) is 14.4. The van der Waals surface area contributed by atoms with Crippen molar-refractivity contribution in [2.45, 2.75) is 32.7 Å². The molecule has 0 saturated heterocycles. The molecule has 0 aliphatic heterocycles. The number of carbonyl (C=O) groups is 1. The molecule has 3 aromatic heterocycles. The molecule has 3 heterocycles. The Bertz CT molecular complexity index is 1560. The van der Waals surface area contributed by atoms with E-state index in [2.05, 4.69) is 59.1 Å². The minimum absolute atomic E-state index is 0.148. The molecule has 2 N–H and O–H groups in total. The zero-order chi connectivity index (χ0) is 23.4. The second-order valence-electron chi connectivity index (χ2n) is 9.35. The maximum Gasteiger partial charge on any atom is 0.142 e. The van der Waals surface area contributed by atoms with Crippen molar-refractivity contribution in [1.29, 1.82) is 0 Å². The van der Waals surface area contributed by atoms with Crippen LogP contribution in [0.2, 0.25) is 0 Å². The van der Waals surface area contributed by atoms with Crippen molar-refractivity contribution in [3.63, 3.8) is 0 Å². The Labute approximate surface area is 198 Å². The van der Waals surface area contributed by atoms with Gasteiger partial charge in [0.1, 0.15) is 11.4 Å². The Morgan fingerprint density at radius 3 is 2.53 bits per heavy atom. The molecule has 0 radical (unpaired) electrons. The van der Waals surface area contributed by atoms with Gasteiger partial charge in [0, 0.05) is 51.9 Å². The number of aryl methyl sites for hydroxylation is 1. The van der Waals surface area contributed by atoms with E-state index in [1.807, 2.05) is 24.3 Å². The standard InChI is InChI=1S/C29H26N4O/c1-17-23(10-8-20-9-11-26(32-28(17)20)19-6-4-3-5-7-19)24-16-33(22-14-21(15-22)18(2)34)29-27(24)25(30)12-13-31-29/h3-13,16,21-22H,14-15H2,1-2H3,(H2,30,31). The van der Waals surface area contributed by atoms with Crippen molar-refractivity contribution in [3.05, 3.63) is 78.6 Å². The molecule has 0 unspecified atom stereocenters. The van der Waals surface area contributed by atoms with Crippen LogP contribution >= 0.6 is 0 Å². The molecule has 0 amide bonds. The van der Waals surface area contributed by atoms with Crippen molar-refractivity contribution in [2.75, 3.05) is 5.73 Å². The SMILES string of the molecule is CC(=O)C1CC(n2cc(-c3ccc4ccc(-c5ccccc5)nc4c3C)c3c(N)ccnc32)C1. The third-order valence-electron chi connectivity index (χ3n) is 7.30. The van der Waals surface area contributed by atoms with Crippen LogP contribution in [0.5, 0.6) is 0 Å². The molecule has 2 aromatic carbocycles. The van der Waals surface area contributed by atoms with Crippen LogP contribution < -0.4 is 5.73 Å². The first kappa shape index (κ1) is 20.6. The lowest BCUT2D eigenvalue weighted by Gasteiger charge is -2.35. The van der Waals surface area contributed by atoms with Crippen LogP contribution in [0.25, 0.3) is 44.3 Å². The molecule has 0 spiro atoms. The molecule has 5 aromatic rings. The van der Waals surface area contributed by atoms with Gasteiger partial charge >= 0.3 is 0 Å². The van der Waals surface area contributed by atoms with Crippen LogP contribution in [0.1, 0.15) is 31.4 Å². The Morgan fingerprint density at radius 2 is 1.76 bits per heavy atom. The predicted octanol–water partition coefficient (Wildman–Crippen LogP) is 6.35. The van der Waals surface area contributed by atoms with E-state index in [4.69, 9.17) is 10.7 Å². The van der Waals surface area contributed by atoms with Crippen molar-refractivity contribution < 1.29 is 4.79 Å². The van der Waals surface area contributed by atoms with E-state index < -0.39 is 0 Å². The van der Waals surface area contributed by atoms with Crippen molar-refractivity contribution in [3.8, 4) is 22.4 Å². The highest BCUT2D eigenvalue weighted by Crippen LogP contribution is 2.44. The third-order valence-corrected chi connectivity index (χ3v) is 7.30. The molecular weight excluding hydrogens is 420 g/mol. The van der Waals surface area contributed by atoms with Crippen LogP contribution in [0.15, 0.2) is 73.1 Å². The molecule has 0 bridgehead atoms. The first-order valence-corrected chi connectivity index (χ1v) is 11.7. The van der Waals surface area contributed by atoms with Gasteiger partial charge < -0.3 is 10.3 Å². The van der Waals surface area contributed by atoms with Gasteiger partial charge in [-0.2, -0.15) is 0 Å². The second-order valence-corrected chi connectivity index (χ2v) is 9.35. The van der Waals surface area contributed by atoms with Crippen LogP contribution in [-0.4, -0.2) is 20.3 Å². The fourth-order valence-corrected chi connectivity index (χ4v) is 5.22. The average Bonchev–Trinajstić information content (AvgIpc) is 3.19. The minimum atomic E-state index is 0.148. The number of nitrogens with zero attached hydrogens (tertiary/aromatic N) is 3. The van der Waals surface area contributed by atoms with Crippen LogP contribution in [0, 0.1) is 12.8 Å². The average molecular weight is 447 g/mol. The van der Waals surface area contributed by atoms with Gasteiger partial charge in [0.2, 0.25) is 0 Å². The van der Waals surface area contributed by atoms with E-state index in [0.717, 1.165) is 62.7 Å². The number of benzene rings is 2. The Morgan fingerprint density at radius 1 is 1.00 bits per heavy atom. The maximum absolute atomic E-state index is 11.8. The number of aromatic nitrogens is 3. The molecule has 6 rings (SSSR count). The zero-order valence-electron chi connectivity index (χ0n) is 19.3. The molecule has 1 aliphatic rings. The number of hydrogen-bond acceptors (Lipinski definition) is 4. The highest BCUT2D eigenvalue weighted by molar-refractivity contribution is 6.04. The molecule has 1 aliphatic carbocycles. The highest BCUT2D eigenvalue weighted by atomic mass is 16.1. The number of carbonyl (C=O) groups excluding carboxylic acids is 1. The zero-order valence-corrected chi connectivity index (χ0v) is 19.3. The number of ketones is 1. The van der Waals surface area contributed by atoms with Gasteiger partial charge in [-0.25, -0.2) is 9.97 Å². The van der Waals surface area contributed by atoms with Gasteiger partial charge in [-0.1, -0.05) is 48.5 Å². The quantitative estimate of drug-likeness (QED) is 0.349. The van der Waals surface area contributed by atoms with Gasteiger partial charge in [0.05, 0.1) is 11.2 Å². The summed E-state index contributed by atoms with van der Waals surface area (Å²) in [4.78, 5) is 21.5. The molecule has 5 heteroatoms. The van der Waals surface area contributed by atoms with E-state index in [1.165, 1.54) is 0 Å². The normalized spacial score (nSPS) is 17.7. The summed E-state index contributed by atoms with van der Waals surface area (Å²) in [5.74, 6) is 0.418. The fraction of sp³-hybridized carbons (Fsp3) is 0.207. The van der Waals surface area contributed by atoms with Crippen LogP contribution in [0.4, 0.5) is 5.69 Å². The largest absolute Gasteiger partial charge is 0.398 e. The Balaban J connectivity index is 1.52. The monoisotopic (exact) mass is 446 g/mol. The van der Waals surface area contributed by atoms with Crippen molar-refractivity contribution >= 4 is 33.4 Å². The number of fused-ring (bicyclic) bond motifs is 2. The van der Waals surface area contributed by atoms with E-state index in [-0.39, 0.29) is 17.7 Å². The van der Waals surface area contributed by atoms with Crippen molar-refractivity contribution in [2.24, 2.45) is 5.92 Å². The van der Waals surface area contributed by atoms with Gasteiger partial charge in [-0.15, -0.1) is 0 Å². The summed E-state index contributed by atoms with van der Waals surface area (Å²) in [6.45, 7) is 3.82. The lowest BCUT2D eigenvalue weighted by Crippen LogP contribution is -2.30. The Kier molecular flexibility index (Phi) is 4.73. The summed E-state index contributed by atoms with van der Waals surface area (Å²) in [5, 5.41) is 2.08. The molecule has 1 saturated carbocycles. The van der Waals surface area contributed by atoms with Crippen molar-refractivity contribution in [1.82, 2.24) is 14.5 Å². The van der Waals surface area contributed by atoms with E-state index in [0.29, 0.717) is 5.69 Å². The number of Topliss-reactive ketones (excluding diaryl/α,β-unsaturated/α-hetero) is 1. The smallest absolute Gasteiger partial charge is 0.142 e. The summed E-state index contributed by atoms with van der Waals surface area (Å²) in [7, 11) is 0. The van der Waals surface area contributed by atoms with Gasteiger partial charge in [-0.05, 0) is 49.9 Å². The van der Waals surface area contributed by atoms with E-state index >= 15 is 0 Å². The van der Waals surface area contributed by atoms with Gasteiger partial charge in [-0.3, -0.25) is 4.79 Å². The number of nitrogens with two attached hydrogens (primary N) is 1. The summed E-state index contributed by atoms with van der Waals surface area (Å²) in [6.07, 6.45) is 5.64. The Hall–Kier alpha value is -3.99. The van der Waals surface area contributed by atoms with Crippen LogP contribution in [-0.2, 0) is 4.79 Å². The number of nitrogen functional groups attached to an aromatic ring is 1. The van der Waals surface area contributed by atoms with Crippen LogP contribution in [0.3, 0.4) is 0 Å². The number of anilines is 1. The molecule has 34 heavy (non-hydrogen) atoms. The van der Waals surface area contributed by atoms with E-state index in [9.17, 15) is 4.79 Å². The lowest BCUT2D eigenvalue weighted by molar-refractivity contribution is -0.124. The molecule has 1 fully saturated rings. The summed E-state index contributed by atoms with van der Waals surface area (Å²) < 4.78 is 2.22. The molecule has 0 atom stereocenters. The summed E-state index contributed by atoms with van der Waals surface area (Å²) >= 11 is 0. The van der Waals surface area contributed by atoms with Gasteiger partial charge in [0.15, 0.2) is 0 Å². The number of hydrogen-bond donors (Lipinski definition) is 1. The summed E-state index contributed by atoms with van der Waals surface area (Å²) in [6, 6.07) is 20.9. The fourth-order valence-electron chi connectivity index (χ4n) is 5.22. The highest BCUT2D eigenvalue weighted by Gasteiger charge is 2.35.